The summed E-state index contributed by atoms with van der Waals surface area (Å²) in [5.74, 6) is -0.550. The van der Waals surface area contributed by atoms with Gasteiger partial charge in [0.1, 0.15) is 0 Å². The number of carbonyl (C=O) groups is 1. The van der Waals surface area contributed by atoms with Crippen LogP contribution in [0, 0.1) is 6.92 Å². The van der Waals surface area contributed by atoms with E-state index in [0.29, 0.717) is 12.3 Å². The van der Waals surface area contributed by atoms with Gasteiger partial charge in [-0.05, 0) is 24.4 Å². The number of rotatable bonds is 3. The number of carboxylic acids is 1. The van der Waals surface area contributed by atoms with Gasteiger partial charge in [0.25, 0.3) is 0 Å². The second-order valence-electron chi connectivity index (χ2n) is 4.41. The summed E-state index contributed by atoms with van der Waals surface area (Å²) in [6, 6.07) is 11.6. The Bertz CT molecular complexity index is 755. The minimum Gasteiger partial charge on any atom is -0.476 e. The predicted molar refractivity (Wildman–Crippen MR) is 69.2 cm³/mol. The monoisotopic (exact) mass is 256 g/mol. The Kier molecular flexibility index (Phi) is 2.59. The van der Waals surface area contributed by atoms with Crippen molar-refractivity contribution in [2.75, 3.05) is 0 Å². The molecule has 5 nitrogen and oxygen atoms in total. The summed E-state index contributed by atoms with van der Waals surface area (Å²) in [7, 11) is 0. The van der Waals surface area contributed by atoms with Gasteiger partial charge in [-0.15, -0.1) is 0 Å². The Morgan fingerprint density at radius 2 is 2.16 bits per heavy atom. The van der Waals surface area contributed by atoms with Crippen LogP contribution in [0.2, 0.25) is 0 Å². The number of aromatic nitrogens is 2. The fraction of sp³-hybridized carbons (Fsp3) is 0.143. The van der Waals surface area contributed by atoms with Gasteiger partial charge in [-0.25, -0.2) is 4.79 Å². The summed E-state index contributed by atoms with van der Waals surface area (Å²) in [5.41, 5.74) is 2.12. The summed E-state index contributed by atoms with van der Waals surface area (Å²) in [4.78, 5) is 10.8. The Morgan fingerprint density at radius 3 is 2.89 bits per heavy atom. The Morgan fingerprint density at radius 1 is 1.37 bits per heavy atom. The highest BCUT2D eigenvalue weighted by atomic mass is 16.5. The molecular formula is C14H12N2O3. The van der Waals surface area contributed by atoms with Crippen LogP contribution >= 0.6 is 0 Å². The first kappa shape index (κ1) is 11.5. The molecular weight excluding hydrogens is 244 g/mol. The standard InChI is InChI=1S/C14H12N2O3/c1-9-6-10-4-2-3-5-13(10)16(9)8-11-7-12(14(17)18)15-19-11/h2-7H,8H2,1H3,(H,17,18). The van der Waals surface area contributed by atoms with Crippen molar-refractivity contribution in [3.05, 3.63) is 53.5 Å². The van der Waals surface area contributed by atoms with Crippen molar-refractivity contribution in [2.45, 2.75) is 13.5 Å². The highest BCUT2D eigenvalue weighted by Crippen LogP contribution is 2.20. The summed E-state index contributed by atoms with van der Waals surface area (Å²) in [5, 5.41) is 13.5. The molecule has 1 N–H and O–H groups in total. The topological polar surface area (TPSA) is 68.3 Å². The average Bonchev–Trinajstić information content (AvgIpc) is 2.96. The Labute approximate surface area is 109 Å². The zero-order valence-electron chi connectivity index (χ0n) is 10.3. The van der Waals surface area contributed by atoms with Crippen molar-refractivity contribution < 1.29 is 14.4 Å². The first-order valence-corrected chi connectivity index (χ1v) is 5.89. The van der Waals surface area contributed by atoms with Crippen molar-refractivity contribution >= 4 is 16.9 Å². The quantitative estimate of drug-likeness (QED) is 0.782. The molecule has 0 aliphatic rings. The number of para-hydroxylation sites is 1. The van der Waals surface area contributed by atoms with E-state index < -0.39 is 5.97 Å². The highest BCUT2D eigenvalue weighted by Gasteiger charge is 2.12. The Balaban J connectivity index is 2.00. The lowest BCUT2D eigenvalue weighted by Gasteiger charge is -2.04. The number of carboxylic acid groups (broad SMARTS) is 1. The van der Waals surface area contributed by atoms with E-state index in [2.05, 4.69) is 15.8 Å². The summed E-state index contributed by atoms with van der Waals surface area (Å²) < 4.78 is 7.12. The maximum atomic E-state index is 10.8. The van der Waals surface area contributed by atoms with Crippen LogP contribution in [0.15, 0.2) is 40.9 Å². The number of aryl methyl sites for hydroxylation is 1. The van der Waals surface area contributed by atoms with E-state index in [-0.39, 0.29) is 5.69 Å². The molecule has 3 aromatic rings. The van der Waals surface area contributed by atoms with Crippen LogP contribution in [0.5, 0.6) is 0 Å². The van der Waals surface area contributed by atoms with Crippen LogP contribution in [-0.2, 0) is 6.54 Å². The van der Waals surface area contributed by atoms with E-state index >= 15 is 0 Å². The number of benzene rings is 1. The summed E-state index contributed by atoms with van der Waals surface area (Å²) >= 11 is 0. The first-order valence-electron chi connectivity index (χ1n) is 5.89. The molecule has 5 heteroatoms. The third kappa shape index (κ3) is 1.99. The predicted octanol–water partition coefficient (Wildman–Crippen LogP) is 2.68. The van der Waals surface area contributed by atoms with Gasteiger partial charge in [0.05, 0.1) is 6.54 Å². The van der Waals surface area contributed by atoms with Crippen LogP contribution < -0.4 is 0 Å². The van der Waals surface area contributed by atoms with Crippen LogP contribution in [0.25, 0.3) is 10.9 Å². The molecule has 0 saturated heterocycles. The lowest BCUT2D eigenvalue weighted by molar-refractivity contribution is 0.0685. The molecule has 0 unspecified atom stereocenters. The maximum Gasteiger partial charge on any atom is 0.358 e. The molecule has 3 rings (SSSR count). The second kappa shape index (κ2) is 4.28. The van der Waals surface area contributed by atoms with Gasteiger partial charge < -0.3 is 14.2 Å². The second-order valence-corrected chi connectivity index (χ2v) is 4.41. The van der Waals surface area contributed by atoms with E-state index in [4.69, 9.17) is 9.63 Å². The van der Waals surface area contributed by atoms with Gasteiger partial charge in [0.2, 0.25) is 0 Å². The smallest absolute Gasteiger partial charge is 0.358 e. The largest absolute Gasteiger partial charge is 0.476 e. The molecule has 0 spiro atoms. The van der Waals surface area contributed by atoms with Crippen LogP contribution in [0.3, 0.4) is 0 Å². The van der Waals surface area contributed by atoms with Crippen LogP contribution in [0.4, 0.5) is 0 Å². The number of nitrogens with zero attached hydrogens (tertiary/aromatic N) is 2. The molecule has 0 atom stereocenters. The molecule has 0 aliphatic carbocycles. The maximum absolute atomic E-state index is 10.8. The minimum absolute atomic E-state index is 0.0656. The molecule has 0 radical (unpaired) electrons. The van der Waals surface area contributed by atoms with Crippen LogP contribution in [-0.4, -0.2) is 20.8 Å². The zero-order chi connectivity index (χ0) is 13.4. The molecule has 0 bridgehead atoms. The molecule has 1 aromatic carbocycles. The molecule has 2 heterocycles. The zero-order valence-corrected chi connectivity index (χ0v) is 10.3. The van der Waals surface area contributed by atoms with E-state index in [1.165, 1.54) is 6.07 Å². The highest BCUT2D eigenvalue weighted by molar-refractivity contribution is 5.85. The minimum atomic E-state index is -1.08. The van der Waals surface area contributed by atoms with Crippen molar-refractivity contribution in [3.8, 4) is 0 Å². The van der Waals surface area contributed by atoms with Crippen molar-refractivity contribution in [3.63, 3.8) is 0 Å². The van der Waals surface area contributed by atoms with Crippen LogP contribution in [0.1, 0.15) is 21.9 Å². The summed E-state index contributed by atoms with van der Waals surface area (Å²) in [6.07, 6.45) is 0. The normalized spacial score (nSPS) is 11.0. The van der Waals surface area contributed by atoms with Crippen molar-refractivity contribution in [1.29, 1.82) is 0 Å². The van der Waals surface area contributed by atoms with E-state index in [0.717, 1.165) is 16.6 Å². The number of hydrogen-bond acceptors (Lipinski definition) is 3. The third-order valence-corrected chi connectivity index (χ3v) is 3.11. The fourth-order valence-corrected chi connectivity index (χ4v) is 2.20. The lowest BCUT2D eigenvalue weighted by atomic mass is 10.2. The molecule has 0 saturated carbocycles. The van der Waals surface area contributed by atoms with Gasteiger partial charge in [0, 0.05) is 17.3 Å². The number of hydrogen-bond donors (Lipinski definition) is 1. The van der Waals surface area contributed by atoms with Gasteiger partial charge in [-0.2, -0.15) is 0 Å². The Hall–Kier alpha value is -2.56. The summed E-state index contributed by atoms with van der Waals surface area (Å²) in [6.45, 7) is 2.48. The van der Waals surface area contributed by atoms with Gasteiger partial charge in [-0.3, -0.25) is 0 Å². The van der Waals surface area contributed by atoms with Crippen molar-refractivity contribution in [1.82, 2.24) is 9.72 Å². The lowest BCUT2D eigenvalue weighted by Crippen LogP contribution is -2.00. The van der Waals surface area contributed by atoms with E-state index in [1.54, 1.807) is 0 Å². The molecule has 2 aromatic heterocycles. The third-order valence-electron chi connectivity index (χ3n) is 3.11. The van der Waals surface area contributed by atoms with Crippen molar-refractivity contribution in [2.24, 2.45) is 0 Å². The molecule has 0 aliphatic heterocycles. The number of aromatic carboxylic acids is 1. The first-order chi connectivity index (χ1) is 9.15. The SMILES string of the molecule is Cc1cc2ccccc2n1Cc1cc(C(=O)O)no1. The molecule has 0 fully saturated rings. The van der Waals surface area contributed by atoms with Gasteiger partial charge in [0.15, 0.2) is 11.5 Å². The van der Waals surface area contributed by atoms with Gasteiger partial charge >= 0.3 is 5.97 Å². The van der Waals surface area contributed by atoms with E-state index in [1.807, 2.05) is 31.2 Å². The molecule has 19 heavy (non-hydrogen) atoms. The van der Waals surface area contributed by atoms with Gasteiger partial charge in [-0.1, -0.05) is 23.4 Å². The van der Waals surface area contributed by atoms with E-state index in [9.17, 15) is 4.79 Å². The average molecular weight is 256 g/mol. The molecule has 96 valence electrons. The molecule has 0 amide bonds. The number of fused-ring (bicyclic) bond motifs is 1. The fourth-order valence-electron chi connectivity index (χ4n) is 2.20.